The molecule has 0 fully saturated rings. The van der Waals surface area contributed by atoms with Crippen LogP contribution in [-0.2, 0) is 4.79 Å². The zero-order valence-electron chi connectivity index (χ0n) is 13.0. The highest BCUT2D eigenvalue weighted by molar-refractivity contribution is 9.10. The zero-order chi connectivity index (χ0) is 16.7. The van der Waals surface area contributed by atoms with Crippen LogP contribution in [0.25, 0.3) is 0 Å². The summed E-state index contributed by atoms with van der Waals surface area (Å²) in [6.45, 7) is 4.95. The van der Waals surface area contributed by atoms with E-state index >= 15 is 0 Å². The Kier molecular flexibility index (Phi) is 7.32. The van der Waals surface area contributed by atoms with Crippen molar-refractivity contribution in [1.82, 2.24) is 15.5 Å². The first-order valence-corrected chi connectivity index (χ1v) is 9.93. The van der Waals surface area contributed by atoms with E-state index in [1.165, 1.54) is 23.1 Å². The topological polar surface area (TPSA) is 66.9 Å². The van der Waals surface area contributed by atoms with Crippen LogP contribution in [0.4, 0.5) is 5.13 Å². The molecule has 0 aliphatic heterocycles. The maximum atomic E-state index is 12.0. The molecular formula is C15H19BrN4OS2. The summed E-state index contributed by atoms with van der Waals surface area (Å²) in [6, 6.07) is 7.92. The number of hydrogen-bond donors (Lipinski definition) is 2. The van der Waals surface area contributed by atoms with E-state index in [1.54, 1.807) is 0 Å². The minimum Gasteiger partial charge on any atom is -0.360 e. The number of nitrogens with one attached hydrogen (secondary N) is 2. The number of thioether (sulfide) groups is 1. The van der Waals surface area contributed by atoms with Crippen molar-refractivity contribution in [1.29, 1.82) is 0 Å². The Hall–Kier alpha value is -1.12. The molecule has 8 heteroatoms. The van der Waals surface area contributed by atoms with Crippen molar-refractivity contribution < 1.29 is 4.79 Å². The molecule has 124 valence electrons. The van der Waals surface area contributed by atoms with Gasteiger partial charge in [-0.2, -0.15) is 0 Å². The van der Waals surface area contributed by atoms with Crippen LogP contribution in [0.2, 0.25) is 0 Å². The third kappa shape index (κ3) is 6.12. The van der Waals surface area contributed by atoms with Gasteiger partial charge in [0.05, 0.1) is 11.8 Å². The van der Waals surface area contributed by atoms with Crippen molar-refractivity contribution in [2.24, 2.45) is 0 Å². The molecule has 0 aliphatic rings. The number of rotatable bonds is 8. The molecular weight excluding hydrogens is 396 g/mol. The molecule has 2 rings (SSSR count). The molecule has 1 aromatic carbocycles. The second-order valence-corrected chi connectivity index (χ2v) is 8.04. The van der Waals surface area contributed by atoms with Gasteiger partial charge in [0.15, 0.2) is 4.34 Å². The zero-order valence-corrected chi connectivity index (χ0v) is 16.2. The lowest BCUT2D eigenvalue weighted by atomic mass is 10.1. The second kappa shape index (κ2) is 9.24. The fourth-order valence-electron chi connectivity index (χ4n) is 1.82. The van der Waals surface area contributed by atoms with E-state index in [4.69, 9.17) is 0 Å². The predicted molar refractivity (Wildman–Crippen MR) is 100 cm³/mol. The van der Waals surface area contributed by atoms with Gasteiger partial charge in [-0.25, -0.2) is 0 Å². The normalized spacial score (nSPS) is 12.0. The van der Waals surface area contributed by atoms with E-state index in [0.29, 0.717) is 5.75 Å². The van der Waals surface area contributed by atoms with Crippen LogP contribution in [0.3, 0.4) is 0 Å². The quantitative estimate of drug-likeness (QED) is 0.636. The number of carbonyl (C=O) groups excluding carboxylic acids is 1. The van der Waals surface area contributed by atoms with Crippen molar-refractivity contribution in [3.05, 3.63) is 34.3 Å². The Morgan fingerprint density at radius 2 is 2.09 bits per heavy atom. The molecule has 0 spiro atoms. The SMILES string of the molecule is CCCNc1nnc(SCC(=O)N[C@@H](C)c2ccc(Br)cc2)s1. The molecule has 0 aliphatic carbocycles. The molecule has 0 saturated carbocycles. The summed E-state index contributed by atoms with van der Waals surface area (Å²) in [7, 11) is 0. The molecule has 2 N–H and O–H groups in total. The highest BCUT2D eigenvalue weighted by Gasteiger charge is 2.11. The first-order valence-electron chi connectivity index (χ1n) is 7.33. The molecule has 0 saturated heterocycles. The van der Waals surface area contributed by atoms with Gasteiger partial charge < -0.3 is 10.6 Å². The van der Waals surface area contributed by atoms with Crippen LogP contribution < -0.4 is 10.6 Å². The third-order valence-electron chi connectivity index (χ3n) is 3.01. The molecule has 5 nitrogen and oxygen atoms in total. The number of benzene rings is 1. The van der Waals surface area contributed by atoms with Crippen LogP contribution in [0.1, 0.15) is 31.9 Å². The Morgan fingerprint density at radius 1 is 1.35 bits per heavy atom. The van der Waals surface area contributed by atoms with Gasteiger partial charge in [0.2, 0.25) is 11.0 Å². The number of carbonyl (C=O) groups is 1. The van der Waals surface area contributed by atoms with Crippen LogP contribution >= 0.6 is 39.0 Å². The van der Waals surface area contributed by atoms with Crippen molar-refractivity contribution in [2.75, 3.05) is 17.6 Å². The number of aromatic nitrogens is 2. The largest absolute Gasteiger partial charge is 0.360 e. The van der Waals surface area contributed by atoms with Crippen molar-refractivity contribution in [3.8, 4) is 0 Å². The first-order chi connectivity index (χ1) is 11.1. The smallest absolute Gasteiger partial charge is 0.230 e. The highest BCUT2D eigenvalue weighted by atomic mass is 79.9. The Balaban J connectivity index is 1.78. The summed E-state index contributed by atoms with van der Waals surface area (Å²) >= 11 is 6.29. The van der Waals surface area contributed by atoms with E-state index in [1.807, 2.05) is 31.2 Å². The van der Waals surface area contributed by atoms with Crippen molar-refractivity contribution in [3.63, 3.8) is 0 Å². The van der Waals surface area contributed by atoms with Gasteiger partial charge in [-0.15, -0.1) is 10.2 Å². The molecule has 1 atom stereocenters. The monoisotopic (exact) mass is 414 g/mol. The van der Waals surface area contributed by atoms with E-state index in [-0.39, 0.29) is 11.9 Å². The molecule has 1 aromatic heterocycles. The second-order valence-electron chi connectivity index (χ2n) is 4.93. The number of amides is 1. The summed E-state index contributed by atoms with van der Waals surface area (Å²) in [5, 5.41) is 15.1. The minimum atomic E-state index is -0.0209. The minimum absolute atomic E-state index is 0.0105. The first kappa shape index (κ1) is 18.2. The van der Waals surface area contributed by atoms with E-state index in [9.17, 15) is 4.79 Å². The average Bonchev–Trinajstić information content (AvgIpc) is 2.99. The van der Waals surface area contributed by atoms with Gasteiger partial charge in [-0.1, -0.05) is 58.1 Å². The maximum Gasteiger partial charge on any atom is 0.230 e. The van der Waals surface area contributed by atoms with Crippen LogP contribution in [0.5, 0.6) is 0 Å². The fraction of sp³-hybridized carbons (Fsp3) is 0.400. The average molecular weight is 415 g/mol. The lowest BCUT2D eigenvalue weighted by Gasteiger charge is -2.14. The Morgan fingerprint density at radius 3 is 2.78 bits per heavy atom. The maximum absolute atomic E-state index is 12.0. The van der Waals surface area contributed by atoms with Gasteiger partial charge in [0.25, 0.3) is 0 Å². The standard InChI is InChI=1S/C15H19BrN4OS2/c1-3-8-17-14-19-20-15(23-14)22-9-13(21)18-10(2)11-4-6-12(16)7-5-11/h4-7,10H,3,8-9H2,1-2H3,(H,17,19)(H,18,21)/t10-/m0/s1. The lowest BCUT2D eigenvalue weighted by molar-refractivity contribution is -0.119. The number of anilines is 1. The number of nitrogens with zero attached hydrogens (tertiary/aromatic N) is 2. The fourth-order valence-corrected chi connectivity index (χ4v) is 3.67. The molecule has 1 amide bonds. The van der Waals surface area contributed by atoms with Crippen LogP contribution in [0.15, 0.2) is 33.1 Å². The molecule has 0 unspecified atom stereocenters. The summed E-state index contributed by atoms with van der Waals surface area (Å²) in [6.07, 6.45) is 1.04. The molecule has 1 heterocycles. The van der Waals surface area contributed by atoms with E-state index in [2.05, 4.69) is 43.7 Å². The molecule has 2 aromatic rings. The molecule has 0 bridgehead atoms. The van der Waals surface area contributed by atoms with Gasteiger partial charge in [0.1, 0.15) is 0 Å². The van der Waals surface area contributed by atoms with Gasteiger partial charge in [-0.3, -0.25) is 4.79 Å². The van der Waals surface area contributed by atoms with Crippen LogP contribution in [-0.4, -0.2) is 28.4 Å². The van der Waals surface area contributed by atoms with E-state index < -0.39 is 0 Å². The molecule has 0 radical (unpaired) electrons. The summed E-state index contributed by atoms with van der Waals surface area (Å²) < 4.78 is 1.83. The molecule has 23 heavy (non-hydrogen) atoms. The number of halogens is 1. The van der Waals surface area contributed by atoms with Crippen LogP contribution in [0, 0.1) is 0 Å². The van der Waals surface area contributed by atoms with E-state index in [0.717, 1.165) is 32.5 Å². The van der Waals surface area contributed by atoms with Gasteiger partial charge >= 0.3 is 0 Å². The van der Waals surface area contributed by atoms with Crippen molar-refractivity contribution >= 4 is 50.1 Å². The number of hydrogen-bond acceptors (Lipinski definition) is 6. The Labute approximate surface area is 152 Å². The Bertz CT molecular complexity index is 633. The predicted octanol–water partition coefficient (Wildman–Crippen LogP) is 4.09. The third-order valence-corrected chi connectivity index (χ3v) is 5.55. The summed E-state index contributed by atoms with van der Waals surface area (Å²) in [5.41, 5.74) is 1.08. The van der Waals surface area contributed by atoms with Gasteiger partial charge in [-0.05, 0) is 31.0 Å². The lowest BCUT2D eigenvalue weighted by Crippen LogP contribution is -2.28. The summed E-state index contributed by atoms with van der Waals surface area (Å²) in [5.74, 6) is 0.326. The van der Waals surface area contributed by atoms with Gasteiger partial charge in [0, 0.05) is 11.0 Å². The highest BCUT2D eigenvalue weighted by Crippen LogP contribution is 2.25. The van der Waals surface area contributed by atoms with Crippen molar-refractivity contribution in [2.45, 2.75) is 30.6 Å². The summed E-state index contributed by atoms with van der Waals surface area (Å²) in [4.78, 5) is 12.0.